The van der Waals surface area contributed by atoms with Crippen LogP contribution in [0.5, 0.6) is 0 Å². The molecule has 6 heteroatoms. The van der Waals surface area contributed by atoms with Crippen LogP contribution >= 0.6 is 69.6 Å². The molecule has 0 radical (unpaired) electrons. The van der Waals surface area contributed by atoms with Gasteiger partial charge in [-0.05, 0) is 108 Å². The quantitative estimate of drug-likeness (QED) is 0.140. The molecular formula is C53H44Cl6. The third-order valence-corrected chi connectivity index (χ3v) is 13.0. The van der Waals surface area contributed by atoms with Gasteiger partial charge in [0.25, 0.3) is 0 Å². The number of rotatable bonds is 7. The second-order valence-electron chi connectivity index (χ2n) is 17.2. The first-order valence-electron chi connectivity index (χ1n) is 19.8. The highest BCUT2D eigenvalue weighted by Crippen LogP contribution is 2.52. The Bertz CT molecular complexity index is 2540. The van der Waals surface area contributed by atoms with Gasteiger partial charge in [0, 0.05) is 22.5 Å². The van der Waals surface area contributed by atoms with Gasteiger partial charge in [-0.15, -0.1) is 0 Å². The van der Waals surface area contributed by atoms with E-state index in [4.69, 9.17) is 69.6 Å². The average molecular weight is 894 g/mol. The van der Waals surface area contributed by atoms with E-state index in [0.717, 1.165) is 23.1 Å². The summed E-state index contributed by atoms with van der Waals surface area (Å²) in [5, 5.41) is 0. The Hall–Kier alpha value is -3.72. The fourth-order valence-electron chi connectivity index (χ4n) is 8.75. The Balaban J connectivity index is 1.37. The first-order valence-corrected chi connectivity index (χ1v) is 22.1. The molecule has 0 nitrogen and oxygen atoms in total. The predicted molar refractivity (Wildman–Crippen MR) is 257 cm³/mol. The number of halogens is 6. The highest BCUT2D eigenvalue weighted by molar-refractivity contribution is 6.67. The van der Waals surface area contributed by atoms with Crippen molar-refractivity contribution in [2.75, 3.05) is 0 Å². The van der Waals surface area contributed by atoms with Crippen molar-refractivity contribution in [1.29, 1.82) is 0 Å². The van der Waals surface area contributed by atoms with Crippen molar-refractivity contribution >= 4 is 75.2 Å². The van der Waals surface area contributed by atoms with Crippen molar-refractivity contribution in [3.8, 4) is 33.4 Å². The highest BCUT2D eigenvalue weighted by Gasteiger charge is 2.35. The van der Waals surface area contributed by atoms with Crippen molar-refractivity contribution in [1.82, 2.24) is 0 Å². The molecule has 0 spiro atoms. The van der Waals surface area contributed by atoms with Crippen LogP contribution in [-0.2, 0) is 24.8 Å². The largest absolute Gasteiger partial charge is 0.216 e. The molecule has 0 unspecified atom stereocenters. The van der Waals surface area contributed by atoms with Gasteiger partial charge in [-0.3, -0.25) is 0 Å². The minimum Gasteiger partial charge on any atom is -0.0784 e. The Morgan fingerprint density at radius 1 is 0.542 bits per heavy atom. The molecule has 0 aliphatic heterocycles. The van der Waals surface area contributed by atoms with Gasteiger partial charge in [-0.1, -0.05) is 244 Å². The Morgan fingerprint density at radius 3 is 1.53 bits per heavy atom. The molecule has 6 aromatic carbocycles. The molecule has 0 atom stereocenters. The fourth-order valence-corrected chi connectivity index (χ4v) is 9.50. The zero-order valence-electron chi connectivity index (χ0n) is 33.6. The second-order valence-corrected chi connectivity index (χ2v) is 21.7. The summed E-state index contributed by atoms with van der Waals surface area (Å²) >= 11 is 37.8. The molecule has 0 saturated carbocycles. The van der Waals surface area contributed by atoms with E-state index in [1.807, 2.05) is 48.5 Å². The van der Waals surface area contributed by atoms with Gasteiger partial charge in [0.15, 0.2) is 0 Å². The summed E-state index contributed by atoms with van der Waals surface area (Å²) in [6.07, 6.45) is 12.3. The van der Waals surface area contributed by atoms with E-state index in [0.29, 0.717) is 11.1 Å². The lowest BCUT2D eigenvalue weighted by atomic mass is 9.74. The summed E-state index contributed by atoms with van der Waals surface area (Å²) in [5.41, 5.74) is 17.8. The van der Waals surface area contributed by atoms with Crippen molar-refractivity contribution in [2.45, 2.75) is 65.4 Å². The zero-order valence-corrected chi connectivity index (χ0v) is 38.1. The first kappa shape index (κ1) is 42.0. The van der Waals surface area contributed by atoms with Crippen LogP contribution in [0, 0.1) is 0 Å². The highest BCUT2D eigenvalue weighted by atomic mass is 35.6. The number of hydrogen-bond acceptors (Lipinski definition) is 0. The molecule has 0 aromatic heterocycles. The van der Waals surface area contributed by atoms with E-state index in [9.17, 15) is 0 Å². The summed E-state index contributed by atoms with van der Waals surface area (Å²) in [5.74, 6) is 0.187. The molecule has 0 amide bonds. The van der Waals surface area contributed by atoms with Gasteiger partial charge in [-0.2, -0.15) is 0 Å². The standard InChI is InChI=1S/C53H44Cl6/c1-50(2,3)47-31-43-41-30-46(51(4,5)32-45(34-20-24-39(25-21-34)52(54,55)56)35-22-26-40(27-23-35)53(57,58)59)42(33-14-8-6-9-15-33)28-38(41)29-44(43)48(36-18-12-13-19-36)49(47)37-16-10-7-11-17-37/h6-28,30-32,36H,29H2,1-5H3. The van der Waals surface area contributed by atoms with Gasteiger partial charge in [-0.25, -0.2) is 0 Å². The summed E-state index contributed by atoms with van der Waals surface area (Å²) in [6, 6.07) is 44.6. The van der Waals surface area contributed by atoms with E-state index in [-0.39, 0.29) is 11.3 Å². The van der Waals surface area contributed by atoms with Crippen molar-refractivity contribution < 1.29 is 0 Å². The third kappa shape index (κ3) is 8.48. The molecule has 8 rings (SSSR count). The molecule has 6 aromatic rings. The Kier molecular flexibility index (Phi) is 11.4. The molecule has 2 aliphatic rings. The molecule has 298 valence electrons. The predicted octanol–water partition coefficient (Wildman–Crippen LogP) is 17.2. The van der Waals surface area contributed by atoms with Gasteiger partial charge in [0.1, 0.15) is 0 Å². The number of alkyl halides is 6. The van der Waals surface area contributed by atoms with Crippen LogP contribution in [0.25, 0.3) is 39.0 Å². The molecule has 0 fully saturated rings. The molecule has 59 heavy (non-hydrogen) atoms. The lowest BCUT2D eigenvalue weighted by molar-refractivity contribution is 0.591. The van der Waals surface area contributed by atoms with Gasteiger partial charge < -0.3 is 0 Å². The molecule has 2 aliphatic carbocycles. The van der Waals surface area contributed by atoms with Crippen molar-refractivity contribution in [3.63, 3.8) is 0 Å². The first-order chi connectivity index (χ1) is 27.9. The zero-order chi connectivity index (χ0) is 41.9. The van der Waals surface area contributed by atoms with Gasteiger partial charge >= 0.3 is 0 Å². The van der Waals surface area contributed by atoms with Crippen molar-refractivity contribution in [2.24, 2.45) is 0 Å². The Morgan fingerprint density at radius 2 is 1.03 bits per heavy atom. The van der Waals surface area contributed by atoms with Crippen LogP contribution in [0.3, 0.4) is 0 Å². The summed E-state index contributed by atoms with van der Waals surface area (Å²) in [6.45, 7) is 11.6. The average Bonchev–Trinajstić information content (AvgIpc) is 3.87. The maximum atomic E-state index is 6.31. The topological polar surface area (TPSA) is 0 Å². The lowest BCUT2D eigenvalue weighted by Gasteiger charge is -2.30. The maximum absolute atomic E-state index is 6.31. The monoisotopic (exact) mass is 890 g/mol. The molecule has 0 bridgehead atoms. The van der Waals surface area contributed by atoms with Gasteiger partial charge in [0.2, 0.25) is 7.59 Å². The van der Waals surface area contributed by atoms with E-state index in [2.05, 4.69) is 144 Å². The van der Waals surface area contributed by atoms with Crippen LogP contribution in [0.4, 0.5) is 0 Å². The molecule has 0 heterocycles. The summed E-state index contributed by atoms with van der Waals surface area (Å²) in [7, 11) is 0. The number of fused-ring (bicyclic) bond motifs is 3. The third-order valence-electron chi connectivity index (χ3n) is 11.7. The number of benzene rings is 6. The normalized spacial score (nSPS) is 14.1. The van der Waals surface area contributed by atoms with Crippen LogP contribution < -0.4 is 0 Å². The summed E-state index contributed by atoms with van der Waals surface area (Å²) < 4.78 is -3.09. The molecule has 0 N–H and O–H groups in total. The van der Waals surface area contributed by atoms with Gasteiger partial charge in [0.05, 0.1) is 0 Å². The Labute approximate surface area is 379 Å². The van der Waals surface area contributed by atoms with E-state index >= 15 is 0 Å². The number of hydrogen-bond donors (Lipinski definition) is 0. The maximum Gasteiger partial charge on any atom is 0.216 e. The van der Waals surface area contributed by atoms with Crippen LogP contribution in [0.15, 0.2) is 158 Å². The minimum absolute atomic E-state index is 0.106. The lowest BCUT2D eigenvalue weighted by Crippen LogP contribution is -2.17. The van der Waals surface area contributed by atoms with Crippen LogP contribution in [-0.4, -0.2) is 0 Å². The number of allylic oxidation sites excluding steroid dienone is 5. The van der Waals surface area contributed by atoms with Crippen LogP contribution in [0.2, 0.25) is 0 Å². The minimum atomic E-state index is -1.54. The van der Waals surface area contributed by atoms with Crippen molar-refractivity contribution in [3.05, 3.63) is 208 Å². The van der Waals surface area contributed by atoms with E-state index < -0.39 is 13.0 Å². The summed E-state index contributed by atoms with van der Waals surface area (Å²) in [4.78, 5) is 0. The smallest absolute Gasteiger partial charge is 0.0784 e. The molecular weight excluding hydrogens is 849 g/mol. The van der Waals surface area contributed by atoms with E-state index in [1.54, 1.807) is 0 Å². The second kappa shape index (κ2) is 16.0. The van der Waals surface area contributed by atoms with E-state index in [1.165, 1.54) is 61.2 Å². The SMILES string of the molecule is CC(C)(C)c1cc2c(c(C3C=CC=C3)c1-c1ccccc1)Cc1cc(-c3ccccc3)c(C(C)(C)C=C(c3ccc(C(Cl)(Cl)Cl)cc3)c3ccc(C(Cl)(Cl)Cl)cc3)cc1-2. The van der Waals surface area contributed by atoms with Crippen LogP contribution in [0.1, 0.15) is 90.6 Å². The molecule has 0 saturated heterocycles. The fraction of sp³-hybridized carbons (Fsp3) is 0.208.